The second-order valence-corrected chi connectivity index (χ2v) is 10.6. The fourth-order valence-corrected chi connectivity index (χ4v) is 5.75. The lowest BCUT2D eigenvalue weighted by atomic mass is 9.99. The molecule has 0 aliphatic carbocycles. The van der Waals surface area contributed by atoms with Crippen molar-refractivity contribution < 1.29 is 31.1 Å². The molecular weight excluding hydrogens is 505 g/mol. The molecule has 1 saturated heterocycles. The van der Waals surface area contributed by atoms with Crippen LogP contribution in [0.3, 0.4) is 0 Å². The van der Waals surface area contributed by atoms with E-state index in [-0.39, 0.29) is 11.5 Å². The van der Waals surface area contributed by atoms with Crippen LogP contribution in [0.1, 0.15) is 22.8 Å². The molecule has 0 bridgehead atoms. The van der Waals surface area contributed by atoms with Crippen LogP contribution >= 0.6 is 0 Å². The maximum absolute atomic E-state index is 13.3. The summed E-state index contributed by atoms with van der Waals surface area (Å²) in [5.74, 6) is 0.477. The molecule has 0 radical (unpaired) electrons. The van der Waals surface area contributed by atoms with E-state index in [4.69, 9.17) is 9.47 Å². The van der Waals surface area contributed by atoms with E-state index in [9.17, 15) is 21.6 Å². The number of hydrogen-bond acceptors (Lipinski definition) is 5. The number of piperazine rings is 1. The van der Waals surface area contributed by atoms with Crippen LogP contribution in [0, 0.1) is 0 Å². The highest BCUT2D eigenvalue weighted by molar-refractivity contribution is 7.89. The van der Waals surface area contributed by atoms with Crippen LogP contribution in [0.2, 0.25) is 0 Å². The zero-order valence-electron chi connectivity index (χ0n) is 20.4. The highest BCUT2D eigenvalue weighted by Gasteiger charge is 2.32. The van der Waals surface area contributed by atoms with E-state index < -0.39 is 27.9 Å². The Bertz CT molecular complexity index is 1280. The summed E-state index contributed by atoms with van der Waals surface area (Å²) in [5, 5.41) is 0. The van der Waals surface area contributed by atoms with Gasteiger partial charge in [0.25, 0.3) is 0 Å². The summed E-state index contributed by atoms with van der Waals surface area (Å²) in [6.45, 7) is 2.50. The molecule has 1 fully saturated rings. The first-order valence-corrected chi connectivity index (χ1v) is 13.3. The molecule has 0 aromatic heterocycles. The summed E-state index contributed by atoms with van der Waals surface area (Å²) in [6, 6.07) is 20.7. The molecule has 0 saturated carbocycles. The van der Waals surface area contributed by atoms with E-state index in [1.54, 1.807) is 24.3 Å². The Labute approximate surface area is 215 Å². The summed E-state index contributed by atoms with van der Waals surface area (Å²) in [7, 11) is -2.15. The molecular formula is C27H29F3N2O4S. The number of alkyl halides is 3. The van der Waals surface area contributed by atoms with Crippen LogP contribution in [0.5, 0.6) is 5.75 Å². The molecule has 198 valence electrons. The summed E-state index contributed by atoms with van der Waals surface area (Å²) >= 11 is 0. The van der Waals surface area contributed by atoms with Gasteiger partial charge in [0.05, 0.1) is 24.2 Å². The number of sulfonamides is 1. The Morgan fingerprint density at radius 1 is 0.865 bits per heavy atom. The van der Waals surface area contributed by atoms with E-state index >= 15 is 0 Å². The van der Waals surface area contributed by atoms with Crippen LogP contribution < -0.4 is 4.74 Å². The number of benzene rings is 3. The van der Waals surface area contributed by atoms with Crippen LogP contribution in [0.4, 0.5) is 13.2 Å². The van der Waals surface area contributed by atoms with Gasteiger partial charge in [-0.25, -0.2) is 8.42 Å². The lowest BCUT2D eigenvalue weighted by Crippen LogP contribution is -2.49. The van der Waals surface area contributed by atoms with E-state index in [1.165, 1.54) is 23.5 Å². The zero-order chi connectivity index (χ0) is 26.5. The molecule has 1 atom stereocenters. The predicted octanol–water partition coefficient (Wildman–Crippen LogP) is 4.83. The summed E-state index contributed by atoms with van der Waals surface area (Å²) in [6.07, 6.45) is -5.10. The third-order valence-corrected chi connectivity index (χ3v) is 8.22. The van der Waals surface area contributed by atoms with Crippen molar-refractivity contribution in [3.05, 3.63) is 95.6 Å². The molecule has 3 aromatic rings. The van der Waals surface area contributed by atoms with Crippen LogP contribution in [0.25, 0.3) is 0 Å². The van der Waals surface area contributed by atoms with Crippen molar-refractivity contribution in [1.82, 2.24) is 9.21 Å². The van der Waals surface area contributed by atoms with Crippen LogP contribution in [0.15, 0.2) is 83.8 Å². The minimum atomic E-state index is -4.44. The number of methoxy groups -OCH3 is 1. The smallest absolute Gasteiger partial charge is 0.416 e. The van der Waals surface area contributed by atoms with Crippen molar-refractivity contribution in [3.63, 3.8) is 0 Å². The Hall–Kier alpha value is -2.92. The number of hydrogen-bond donors (Lipinski definition) is 0. The van der Waals surface area contributed by atoms with Gasteiger partial charge in [-0.05, 0) is 35.4 Å². The Kier molecular flexibility index (Phi) is 8.53. The van der Waals surface area contributed by atoms with Gasteiger partial charge in [-0.15, -0.1) is 0 Å². The third-order valence-electron chi connectivity index (χ3n) is 6.32. The fourth-order valence-electron chi connectivity index (χ4n) is 4.29. The van der Waals surface area contributed by atoms with Gasteiger partial charge in [-0.3, -0.25) is 4.90 Å². The normalized spacial score (nSPS) is 16.4. The Morgan fingerprint density at radius 2 is 1.54 bits per heavy atom. The number of nitrogens with zero attached hydrogens (tertiary/aromatic N) is 2. The minimum absolute atomic E-state index is 0.190. The number of halogens is 3. The maximum Gasteiger partial charge on any atom is 0.416 e. The lowest BCUT2D eigenvalue weighted by molar-refractivity contribution is -0.137. The number of ether oxygens (including phenoxy) is 2. The van der Waals surface area contributed by atoms with Gasteiger partial charge in [-0.1, -0.05) is 48.5 Å². The molecule has 1 unspecified atom stereocenters. The average molecular weight is 535 g/mol. The largest absolute Gasteiger partial charge is 0.497 e. The van der Waals surface area contributed by atoms with Gasteiger partial charge in [-0.2, -0.15) is 17.5 Å². The molecule has 0 N–H and O–H groups in total. The first-order valence-electron chi connectivity index (χ1n) is 11.9. The average Bonchev–Trinajstić information content (AvgIpc) is 2.91. The zero-order valence-corrected chi connectivity index (χ0v) is 21.2. The van der Waals surface area contributed by atoms with Crippen molar-refractivity contribution in [2.45, 2.75) is 17.2 Å². The lowest BCUT2D eigenvalue weighted by Gasteiger charge is -2.34. The topological polar surface area (TPSA) is 59.1 Å². The monoisotopic (exact) mass is 534 g/mol. The SMILES string of the molecule is COc1cccc(S(=O)(=O)N2CCN(CCOC(c3ccccc3)c3cccc(C(F)(F)F)c3)CC2)c1. The molecule has 10 heteroatoms. The van der Waals surface area contributed by atoms with Gasteiger partial charge >= 0.3 is 6.18 Å². The Balaban J connectivity index is 1.37. The predicted molar refractivity (Wildman–Crippen MR) is 134 cm³/mol. The van der Waals surface area contributed by atoms with Gasteiger partial charge in [0.2, 0.25) is 10.0 Å². The van der Waals surface area contributed by atoms with Crippen LogP contribution in [-0.4, -0.2) is 64.1 Å². The van der Waals surface area contributed by atoms with E-state index in [2.05, 4.69) is 4.90 Å². The van der Waals surface area contributed by atoms with Crippen molar-refractivity contribution in [2.75, 3.05) is 46.4 Å². The molecule has 1 aliphatic rings. The van der Waals surface area contributed by atoms with Crippen molar-refractivity contribution in [3.8, 4) is 5.75 Å². The van der Waals surface area contributed by atoms with Gasteiger partial charge in [0, 0.05) is 38.8 Å². The molecule has 1 heterocycles. The molecule has 3 aromatic carbocycles. The van der Waals surface area contributed by atoms with Gasteiger partial charge < -0.3 is 9.47 Å². The molecule has 0 spiro atoms. The summed E-state index contributed by atoms with van der Waals surface area (Å²) in [4.78, 5) is 2.28. The first kappa shape index (κ1) is 27.1. The second-order valence-electron chi connectivity index (χ2n) is 8.71. The molecule has 6 nitrogen and oxygen atoms in total. The van der Waals surface area contributed by atoms with Crippen molar-refractivity contribution in [2.24, 2.45) is 0 Å². The molecule has 37 heavy (non-hydrogen) atoms. The molecule has 4 rings (SSSR count). The molecule has 0 amide bonds. The third kappa shape index (κ3) is 6.70. The standard InChI is InChI=1S/C27H29F3N2O4S/c1-35-24-11-6-12-25(20-24)37(33,34)32-15-13-31(14-16-32)17-18-36-26(21-7-3-2-4-8-21)22-9-5-10-23(19-22)27(28,29)30/h2-12,19-20,26H,13-18H2,1H3. The first-order chi connectivity index (χ1) is 17.7. The van der Waals surface area contributed by atoms with E-state index in [1.807, 2.05) is 30.3 Å². The summed E-state index contributed by atoms with van der Waals surface area (Å²) in [5.41, 5.74) is 0.467. The fraction of sp³-hybridized carbons (Fsp3) is 0.333. The second kappa shape index (κ2) is 11.6. The van der Waals surface area contributed by atoms with Gasteiger partial charge in [0.1, 0.15) is 11.9 Å². The molecule has 1 aliphatic heterocycles. The summed E-state index contributed by atoms with van der Waals surface area (Å²) < 4.78 is 78.6. The van der Waals surface area contributed by atoms with Crippen molar-refractivity contribution in [1.29, 1.82) is 0 Å². The number of rotatable bonds is 9. The maximum atomic E-state index is 13.3. The quantitative estimate of drug-likeness (QED) is 0.394. The van der Waals surface area contributed by atoms with Crippen LogP contribution in [-0.2, 0) is 20.9 Å². The highest BCUT2D eigenvalue weighted by atomic mass is 32.2. The van der Waals surface area contributed by atoms with Crippen molar-refractivity contribution >= 4 is 10.0 Å². The highest BCUT2D eigenvalue weighted by Crippen LogP contribution is 2.33. The van der Waals surface area contributed by atoms with Gasteiger partial charge in [0.15, 0.2) is 0 Å². The van der Waals surface area contributed by atoms with E-state index in [0.717, 1.165) is 17.7 Å². The Morgan fingerprint density at radius 3 is 2.22 bits per heavy atom. The van der Waals surface area contributed by atoms with E-state index in [0.29, 0.717) is 44.0 Å². The minimum Gasteiger partial charge on any atom is -0.497 e.